The van der Waals surface area contributed by atoms with Crippen LogP contribution < -0.4 is 0 Å². The highest BCUT2D eigenvalue weighted by Gasteiger charge is 2.40. The predicted octanol–water partition coefficient (Wildman–Crippen LogP) is 2.88. The summed E-state index contributed by atoms with van der Waals surface area (Å²) in [6.07, 6.45) is 4.20. The number of aromatic nitrogens is 1. The van der Waals surface area contributed by atoms with Crippen LogP contribution in [0.25, 0.3) is 11.3 Å². The number of aliphatic hydroxyl groups is 1. The van der Waals surface area contributed by atoms with Gasteiger partial charge < -0.3 is 14.4 Å². The van der Waals surface area contributed by atoms with Crippen molar-refractivity contribution in [3.05, 3.63) is 41.9 Å². The molecule has 2 atom stereocenters. The summed E-state index contributed by atoms with van der Waals surface area (Å²) in [5.41, 5.74) is 2.39. The van der Waals surface area contributed by atoms with Gasteiger partial charge in [0.25, 0.3) is 5.91 Å². The van der Waals surface area contributed by atoms with Gasteiger partial charge in [-0.05, 0) is 19.8 Å². The summed E-state index contributed by atoms with van der Waals surface area (Å²) in [5.74, 6) is 0.812. The molecular formula is C19H22N2O3. The first-order valence-corrected chi connectivity index (χ1v) is 8.61. The number of hydrogen-bond donors (Lipinski definition) is 1. The molecule has 2 fully saturated rings. The molecule has 1 aromatic carbocycles. The number of fused-ring (bicyclic) bond motifs is 2. The molecule has 1 saturated heterocycles. The predicted molar refractivity (Wildman–Crippen MR) is 89.4 cm³/mol. The van der Waals surface area contributed by atoms with E-state index in [0.29, 0.717) is 24.5 Å². The standard InChI is InChI=1S/C19H22N2O3/c1-12-5-7-13(8-6-12)18-16(20-11-24-18)19(23)21-9-14-3-2-4-15(10-21)17(14)22/h5-8,11,14-15,17,22H,2-4,9-10H2,1H3. The van der Waals surface area contributed by atoms with Crippen molar-refractivity contribution in [2.24, 2.45) is 11.8 Å². The second-order valence-electron chi connectivity index (χ2n) is 7.05. The van der Waals surface area contributed by atoms with Gasteiger partial charge in [-0.1, -0.05) is 36.2 Å². The maximum absolute atomic E-state index is 13.0. The summed E-state index contributed by atoms with van der Waals surface area (Å²) in [5, 5.41) is 10.3. The van der Waals surface area contributed by atoms with Crippen LogP contribution in [-0.2, 0) is 0 Å². The first kappa shape index (κ1) is 15.4. The van der Waals surface area contributed by atoms with Crippen molar-refractivity contribution in [1.29, 1.82) is 0 Å². The van der Waals surface area contributed by atoms with Crippen molar-refractivity contribution in [3.8, 4) is 11.3 Å². The van der Waals surface area contributed by atoms with E-state index in [1.165, 1.54) is 6.39 Å². The van der Waals surface area contributed by atoms with Gasteiger partial charge in [0, 0.05) is 30.5 Å². The molecule has 1 aromatic heterocycles. The smallest absolute Gasteiger partial charge is 0.276 e. The summed E-state index contributed by atoms with van der Waals surface area (Å²) < 4.78 is 5.51. The van der Waals surface area contributed by atoms with Crippen LogP contribution in [0.1, 0.15) is 35.3 Å². The van der Waals surface area contributed by atoms with Gasteiger partial charge in [0.15, 0.2) is 17.8 Å². The lowest BCUT2D eigenvalue weighted by Crippen LogP contribution is -2.53. The van der Waals surface area contributed by atoms with Gasteiger partial charge in [-0.3, -0.25) is 4.79 Å². The topological polar surface area (TPSA) is 66.6 Å². The number of carbonyl (C=O) groups excluding carboxylic acids is 1. The first-order valence-electron chi connectivity index (χ1n) is 8.61. The van der Waals surface area contributed by atoms with Gasteiger partial charge in [-0.25, -0.2) is 4.98 Å². The third kappa shape index (κ3) is 2.63. The summed E-state index contributed by atoms with van der Waals surface area (Å²) in [6, 6.07) is 7.88. The van der Waals surface area contributed by atoms with E-state index in [9.17, 15) is 9.90 Å². The molecule has 1 aliphatic heterocycles. The Balaban J connectivity index is 1.60. The number of hydrogen-bond acceptors (Lipinski definition) is 4. The van der Waals surface area contributed by atoms with E-state index in [2.05, 4.69) is 4.98 Å². The maximum atomic E-state index is 13.0. The molecular weight excluding hydrogens is 304 g/mol. The van der Waals surface area contributed by atoms with Crippen molar-refractivity contribution in [2.75, 3.05) is 13.1 Å². The van der Waals surface area contributed by atoms with Crippen molar-refractivity contribution in [2.45, 2.75) is 32.3 Å². The quantitative estimate of drug-likeness (QED) is 0.921. The van der Waals surface area contributed by atoms with Gasteiger partial charge in [0.1, 0.15) is 0 Å². The van der Waals surface area contributed by atoms with Crippen LogP contribution >= 0.6 is 0 Å². The van der Waals surface area contributed by atoms with Crippen molar-refractivity contribution in [3.63, 3.8) is 0 Å². The molecule has 24 heavy (non-hydrogen) atoms. The van der Waals surface area contributed by atoms with Crippen molar-refractivity contribution in [1.82, 2.24) is 9.88 Å². The van der Waals surface area contributed by atoms with Gasteiger partial charge in [-0.2, -0.15) is 0 Å². The number of carbonyl (C=O) groups is 1. The zero-order chi connectivity index (χ0) is 16.7. The number of nitrogens with zero attached hydrogens (tertiary/aromatic N) is 2. The third-order valence-electron chi connectivity index (χ3n) is 5.40. The van der Waals surface area contributed by atoms with Crippen LogP contribution in [0.2, 0.25) is 0 Å². The van der Waals surface area contributed by atoms with Crippen LogP contribution in [-0.4, -0.2) is 40.1 Å². The van der Waals surface area contributed by atoms with Crippen molar-refractivity contribution >= 4 is 5.91 Å². The molecule has 5 heteroatoms. The summed E-state index contributed by atoms with van der Waals surface area (Å²) >= 11 is 0. The van der Waals surface area contributed by atoms with Crippen LogP contribution in [0, 0.1) is 18.8 Å². The highest BCUT2D eigenvalue weighted by molar-refractivity contribution is 5.97. The highest BCUT2D eigenvalue weighted by atomic mass is 16.3. The van der Waals surface area contributed by atoms with Gasteiger partial charge >= 0.3 is 0 Å². The third-order valence-corrected chi connectivity index (χ3v) is 5.40. The lowest BCUT2D eigenvalue weighted by Gasteiger charge is -2.44. The molecule has 4 rings (SSSR count). The Labute approximate surface area is 141 Å². The fourth-order valence-electron chi connectivity index (χ4n) is 4.03. The fraction of sp³-hybridized carbons (Fsp3) is 0.474. The van der Waals surface area contributed by atoms with E-state index < -0.39 is 0 Å². The molecule has 2 aromatic rings. The van der Waals surface area contributed by atoms with E-state index in [1.807, 2.05) is 36.1 Å². The molecule has 0 spiro atoms. The van der Waals surface area contributed by atoms with Crippen molar-refractivity contribution < 1.29 is 14.3 Å². The largest absolute Gasteiger partial charge is 0.443 e. The van der Waals surface area contributed by atoms with Gasteiger partial charge in [0.05, 0.1) is 6.10 Å². The zero-order valence-corrected chi connectivity index (χ0v) is 13.8. The maximum Gasteiger partial charge on any atom is 0.276 e. The molecule has 1 amide bonds. The minimum absolute atomic E-state index is 0.0943. The Morgan fingerprint density at radius 1 is 1.21 bits per heavy atom. The summed E-state index contributed by atoms with van der Waals surface area (Å²) in [4.78, 5) is 19.0. The minimum atomic E-state index is -0.267. The number of amides is 1. The SMILES string of the molecule is Cc1ccc(-c2ocnc2C(=O)N2CC3CCCC(C2)C3O)cc1. The molecule has 1 saturated carbocycles. The minimum Gasteiger partial charge on any atom is -0.443 e. The second-order valence-corrected chi connectivity index (χ2v) is 7.05. The molecule has 0 radical (unpaired) electrons. The number of oxazole rings is 1. The Hall–Kier alpha value is -2.14. The van der Waals surface area contributed by atoms with E-state index >= 15 is 0 Å². The average molecular weight is 326 g/mol. The number of benzene rings is 1. The normalized spacial score (nSPS) is 26.4. The Bertz CT molecular complexity index is 723. The molecule has 2 heterocycles. The Kier molecular flexibility index (Phi) is 3.88. The van der Waals surface area contributed by atoms with Gasteiger partial charge in [0.2, 0.25) is 0 Å². The number of piperidine rings is 1. The van der Waals surface area contributed by atoms with E-state index in [1.54, 1.807) is 0 Å². The lowest BCUT2D eigenvalue weighted by molar-refractivity contribution is -0.0414. The van der Waals surface area contributed by atoms with E-state index in [4.69, 9.17) is 4.42 Å². The monoisotopic (exact) mass is 326 g/mol. The van der Waals surface area contributed by atoms with Crippen LogP contribution in [0.15, 0.2) is 35.1 Å². The number of rotatable bonds is 2. The fourth-order valence-corrected chi connectivity index (χ4v) is 4.03. The van der Waals surface area contributed by atoms with Crippen LogP contribution in [0.5, 0.6) is 0 Å². The Morgan fingerprint density at radius 3 is 2.54 bits per heavy atom. The van der Waals surface area contributed by atoms with E-state index in [0.717, 1.165) is 30.4 Å². The molecule has 1 N–H and O–H groups in total. The van der Waals surface area contributed by atoms with E-state index in [-0.39, 0.29) is 23.8 Å². The lowest BCUT2D eigenvalue weighted by atomic mass is 9.75. The molecule has 2 aliphatic rings. The highest BCUT2D eigenvalue weighted by Crippen LogP contribution is 2.36. The number of aryl methyl sites for hydroxylation is 1. The molecule has 5 nitrogen and oxygen atoms in total. The summed E-state index contributed by atoms with van der Waals surface area (Å²) in [7, 11) is 0. The van der Waals surface area contributed by atoms with Crippen LogP contribution in [0.4, 0.5) is 0 Å². The number of likely N-dealkylation sites (tertiary alicyclic amines) is 1. The molecule has 2 bridgehead atoms. The Morgan fingerprint density at radius 2 is 1.88 bits per heavy atom. The number of aliphatic hydroxyl groups excluding tert-OH is 1. The molecule has 1 aliphatic carbocycles. The second kappa shape index (κ2) is 6.06. The van der Waals surface area contributed by atoms with Gasteiger partial charge in [-0.15, -0.1) is 0 Å². The molecule has 2 unspecified atom stereocenters. The summed E-state index contributed by atoms with van der Waals surface area (Å²) in [6.45, 7) is 3.24. The molecule has 126 valence electrons. The first-order chi connectivity index (χ1) is 11.6. The zero-order valence-electron chi connectivity index (χ0n) is 13.8. The average Bonchev–Trinajstić information content (AvgIpc) is 3.04. The van der Waals surface area contributed by atoms with Crippen LogP contribution in [0.3, 0.4) is 0 Å².